The zero-order chi connectivity index (χ0) is 15.4. The van der Waals surface area contributed by atoms with Crippen molar-refractivity contribution in [3.63, 3.8) is 0 Å². The quantitative estimate of drug-likeness (QED) is 0.736. The summed E-state index contributed by atoms with van der Waals surface area (Å²) in [6.45, 7) is 2.08. The van der Waals surface area contributed by atoms with Crippen molar-refractivity contribution in [2.75, 3.05) is 33.3 Å². The van der Waals surface area contributed by atoms with E-state index in [9.17, 15) is 14.4 Å². The smallest absolute Gasteiger partial charge is 0.314 e. The van der Waals surface area contributed by atoms with Crippen molar-refractivity contribution in [3.05, 3.63) is 0 Å². The lowest BCUT2D eigenvalue weighted by Crippen LogP contribution is -2.50. The van der Waals surface area contributed by atoms with Crippen LogP contribution < -0.4 is 5.73 Å². The first-order chi connectivity index (χ1) is 10.0. The first-order valence-corrected chi connectivity index (χ1v) is 7.44. The zero-order valence-corrected chi connectivity index (χ0v) is 12.4. The number of ether oxygens (including phenoxy) is 1. The summed E-state index contributed by atoms with van der Waals surface area (Å²) in [6, 6.07) is -0.474. The molecule has 2 heterocycles. The van der Waals surface area contributed by atoms with Crippen LogP contribution in [0.5, 0.6) is 0 Å². The second kappa shape index (κ2) is 6.78. The van der Waals surface area contributed by atoms with Gasteiger partial charge >= 0.3 is 12.0 Å². The lowest BCUT2D eigenvalue weighted by molar-refractivity contribution is -0.150. The fourth-order valence-electron chi connectivity index (χ4n) is 3.17. The molecule has 2 N–H and O–H groups in total. The number of hydrogen-bond acceptors (Lipinski definition) is 4. The highest BCUT2D eigenvalue weighted by molar-refractivity contribution is 5.82. The van der Waals surface area contributed by atoms with Gasteiger partial charge in [-0.1, -0.05) is 0 Å². The fourth-order valence-corrected chi connectivity index (χ4v) is 3.17. The van der Waals surface area contributed by atoms with Gasteiger partial charge in [0, 0.05) is 26.2 Å². The van der Waals surface area contributed by atoms with Gasteiger partial charge in [0.05, 0.1) is 18.9 Å². The molecule has 7 nitrogen and oxygen atoms in total. The molecular formula is C14H23N3O4. The predicted octanol–water partition coefficient (Wildman–Crippen LogP) is 0.189. The first-order valence-electron chi connectivity index (χ1n) is 7.44. The molecule has 3 amide bonds. The Bertz CT molecular complexity index is 426. The van der Waals surface area contributed by atoms with Crippen molar-refractivity contribution >= 4 is 17.9 Å². The normalized spacial score (nSPS) is 26.3. The molecule has 118 valence electrons. The molecular weight excluding hydrogens is 274 g/mol. The highest BCUT2D eigenvalue weighted by Crippen LogP contribution is 2.23. The van der Waals surface area contributed by atoms with Crippen LogP contribution >= 0.6 is 0 Å². The molecule has 0 spiro atoms. The van der Waals surface area contributed by atoms with Crippen molar-refractivity contribution in [3.8, 4) is 0 Å². The topological polar surface area (TPSA) is 92.9 Å². The number of amides is 3. The average Bonchev–Trinajstić information content (AvgIpc) is 2.53. The fraction of sp³-hybridized carbons (Fsp3) is 0.786. The minimum absolute atomic E-state index is 0.0227. The SMILES string of the molecule is COC(=O)C1CCCN(C(=O)C2CCCN(C(N)=O)C2)C1. The van der Waals surface area contributed by atoms with Crippen LogP contribution in [0, 0.1) is 11.8 Å². The molecule has 0 aliphatic carbocycles. The Morgan fingerprint density at radius 1 is 1.00 bits per heavy atom. The molecule has 2 rings (SSSR count). The Labute approximate surface area is 124 Å². The Morgan fingerprint density at radius 2 is 1.57 bits per heavy atom. The van der Waals surface area contributed by atoms with Gasteiger partial charge in [0.1, 0.15) is 0 Å². The molecule has 2 atom stereocenters. The number of hydrogen-bond donors (Lipinski definition) is 1. The largest absolute Gasteiger partial charge is 0.469 e. The minimum atomic E-state index is -0.474. The van der Waals surface area contributed by atoms with Gasteiger partial charge in [0.15, 0.2) is 0 Å². The van der Waals surface area contributed by atoms with Crippen LogP contribution in [0.4, 0.5) is 4.79 Å². The van der Waals surface area contributed by atoms with E-state index < -0.39 is 6.03 Å². The van der Waals surface area contributed by atoms with Crippen molar-refractivity contribution in [2.45, 2.75) is 25.7 Å². The monoisotopic (exact) mass is 297 g/mol. The molecule has 2 fully saturated rings. The van der Waals surface area contributed by atoms with Gasteiger partial charge in [0.25, 0.3) is 0 Å². The average molecular weight is 297 g/mol. The number of likely N-dealkylation sites (tertiary alicyclic amines) is 2. The second-order valence-electron chi connectivity index (χ2n) is 5.77. The van der Waals surface area contributed by atoms with Crippen molar-refractivity contribution in [1.29, 1.82) is 0 Å². The highest BCUT2D eigenvalue weighted by Gasteiger charge is 2.34. The van der Waals surface area contributed by atoms with Gasteiger partial charge < -0.3 is 20.3 Å². The molecule has 2 aliphatic rings. The van der Waals surface area contributed by atoms with E-state index >= 15 is 0 Å². The van der Waals surface area contributed by atoms with Crippen LogP contribution in [-0.4, -0.2) is 61.0 Å². The van der Waals surface area contributed by atoms with Crippen LogP contribution in [0.25, 0.3) is 0 Å². The van der Waals surface area contributed by atoms with E-state index in [1.165, 1.54) is 12.0 Å². The maximum absolute atomic E-state index is 12.6. The molecule has 21 heavy (non-hydrogen) atoms. The Hall–Kier alpha value is -1.79. The number of carbonyl (C=O) groups excluding carboxylic acids is 3. The summed E-state index contributed by atoms with van der Waals surface area (Å²) in [6.07, 6.45) is 3.11. The lowest BCUT2D eigenvalue weighted by atomic mass is 9.93. The molecule has 0 aromatic heterocycles. The third-order valence-corrected chi connectivity index (χ3v) is 4.35. The van der Waals surface area contributed by atoms with Crippen LogP contribution in [-0.2, 0) is 14.3 Å². The number of carbonyl (C=O) groups is 3. The molecule has 2 aliphatic heterocycles. The van der Waals surface area contributed by atoms with E-state index in [4.69, 9.17) is 10.5 Å². The van der Waals surface area contributed by atoms with Crippen LogP contribution in [0.1, 0.15) is 25.7 Å². The summed E-state index contributed by atoms with van der Waals surface area (Å²) in [7, 11) is 1.37. The maximum Gasteiger partial charge on any atom is 0.314 e. The van der Waals surface area contributed by atoms with Gasteiger partial charge in [-0.15, -0.1) is 0 Å². The standard InChI is InChI=1S/C14H23N3O4/c1-21-13(19)11-5-3-6-16(9-11)12(18)10-4-2-7-17(8-10)14(15)20/h10-11H,2-9H2,1H3,(H2,15,20). The molecule has 0 saturated carbocycles. The number of esters is 1. The van der Waals surface area contributed by atoms with Crippen molar-refractivity contribution < 1.29 is 19.1 Å². The minimum Gasteiger partial charge on any atom is -0.469 e. The molecule has 7 heteroatoms. The lowest BCUT2D eigenvalue weighted by Gasteiger charge is -2.37. The van der Waals surface area contributed by atoms with Crippen LogP contribution in [0.2, 0.25) is 0 Å². The summed E-state index contributed by atoms with van der Waals surface area (Å²) in [5.74, 6) is -0.671. The Balaban J connectivity index is 1.95. The van der Waals surface area contributed by atoms with Gasteiger partial charge in [-0.25, -0.2) is 4.79 Å². The molecule has 2 saturated heterocycles. The summed E-state index contributed by atoms with van der Waals surface area (Å²) in [5, 5.41) is 0. The maximum atomic E-state index is 12.6. The summed E-state index contributed by atoms with van der Waals surface area (Å²) in [4.78, 5) is 38.7. The van der Waals surface area contributed by atoms with Crippen LogP contribution in [0.3, 0.4) is 0 Å². The molecule has 0 aromatic rings. The van der Waals surface area contributed by atoms with Crippen molar-refractivity contribution in [2.24, 2.45) is 17.6 Å². The van der Waals surface area contributed by atoms with Gasteiger partial charge in [-0.3, -0.25) is 9.59 Å². The van der Waals surface area contributed by atoms with E-state index in [1.54, 1.807) is 4.90 Å². The van der Waals surface area contributed by atoms with E-state index in [0.29, 0.717) is 26.2 Å². The first kappa shape index (κ1) is 15.6. The predicted molar refractivity (Wildman–Crippen MR) is 75.2 cm³/mol. The number of methoxy groups -OCH3 is 1. The number of rotatable bonds is 2. The Morgan fingerprint density at radius 3 is 2.19 bits per heavy atom. The van der Waals surface area contributed by atoms with E-state index in [-0.39, 0.29) is 23.7 Å². The van der Waals surface area contributed by atoms with Crippen molar-refractivity contribution in [1.82, 2.24) is 9.80 Å². The number of urea groups is 1. The second-order valence-corrected chi connectivity index (χ2v) is 5.77. The number of primary amides is 1. The molecule has 0 bridgehead atoms. The Kier molecular flexibility index (Phi) is 5.03. The number of piperidine rings is 2. The summed E-state index contributed by atoms with van der Waals surface area (Å²) >= 11 is 0. The molecule has 2 unspecified atom stereocenters. The molecule has 0 radical (unpaired) electrons. The van der Waals surface area contributed by atoms with E-state index in [1.807, 2.05) is 0 Å². The third kappa shape index (κ3) is 3.65. The number of nitrogens with zero attached hydrogens (tertiary/aromatic N) is 2. The van der Waals surface area contributed by atoms with Gasteiger partial charge in [-0.05, 0) is 25.7 Å². The zero-order valence-electron chi connectivity index (χ0n) is 12.4. The number of nitrogens with two attached hydrogens (primary N) is 1. The van der Waals surface area contributed by atoms with E-state index in [0.717, 1.165) is 25.7 Å². The highest BCUT2D eigenvalue weighted by atomic mass is 16.5. The molecule has 0 aromatic carbocycles. The summed E-state index contributed by atoms with van der Waals surface area (Å²) in [5.41, 5.74) is 5.29. The third-order valence-electron chi connectivity index (χ3n) is 4.35. The van der Waals surface area contributed by atoms with Gasteiger partial charge in [0.2, 0.25) is 5.91 Å². The summed E-state index contributed by atoms with van der Waals surface area (Å²) < 4.78 is 4.77. The van der Waals surface area contributed by atoms with E-state index in [2.05, 4.69) is 0 Å². The van der Waals surface area contributed by atoms with Crippen LogP contribution in [0.15, 0.2) is 0 Å². The van der Waals surface area contributed by atoms with Gasteiger partial charge in [-0.2, -0.15) is 0 Å².